The van der Waals surface area contributed by atoms with Crippen LogP contribution in [0.5, 0.6) is 0 Å². The van der Waals surface area contributed by atoms with Gasteiger partial charge in [-0.15, -0.1) is 0 Å². The van der Waals surface area contributed by atoms with E-state index in [1.807, 2.05) is 18.7 Å². The predicted molar refractivity (Wildman–Crippen MR) is 85.0 cm³/mol. The van der Waals surface area contributed by atoms with Crippen LogP contribution in [0, 0.1) is 6.92 Å². The van der Waals surface area contributed by atoms with E-state index in [1.54, 1.807) is 0 Å². The lowest BCUT2D eigenvalue weighted by atomic mass is 9.85. The number of hydrogen-bond donors (Lipinski definition) is 1. The van der Waals surface area contributed by atoms with Gasteiger partial charge in [0.15, 0.2) is 0 Å². The zero-order valence-corrected chi connectivity index (χ0v) is 14.6. The topological polar surface area (TPSA) is 39.1 Å². The van der Waals surface area contributed by atoms with Gasteiger partial charge in [0.2, 0.25) is 0 Å². The Balaban J connectivity index is 2.20. The van der Waals surface area contributed by atoms with Crippen molar-refractivity contribution < 1.29 is 4.74 Å². The normalized spacial score (nSPS) is 24.9. The number of ether oxygens (including phenoxy) is 1. The van der Waals surface area contributed by atoms with Crippen LogP contribution in [-0.4, -0.2) is 34.6 Å². The van der Waals surface area contributed by atoms with Gasteiger partial charge in [-0.25, -0.2) is 0 Å². The summed E-state index contributed by atoms with van der Waals surface area (Å²) in [6.07, 6.45) is 4.49. The summed E-state index contributed by atoms with van der Waals surface area (Å²) in [5.74, 6) is 0. The highest BCUT2D eigenvalue weighted by Gasteiger charge is 2.37. The Hall–Kier alpha value is -0.390. The first kappa shape index (κ1) is 16.0. The van der Waals surface area contributed by atoms with Crippen LogP contribution < -0.4 is 5.32 Å². The Morgan fingerprint density at radius 2 is 2.25 bits per heavy atom. The van der Waals surface area contributed by atoms with Gasteiger partial charge < -0.3 is 10.1 Å². The van der Waals surface area contributed by atoms with E-state index in [0.717, 1.165) is 36.2 Å². The van der Waals surface area contributed by atoms with Crippen molar-refractivity contribution in [3.8, 4) is 0 Å². The van der Waals surface area contributed by atoms with Crippen molar-refractivity contribution in [2.75, 3.05) is 13.2 Å². The highest BCUT2D eigenvalue weighted by molar-refractivity contribution is 9.10. The fraction of sp³-hybridized carbons (Fsp3) is 0.800. The van der Waals surface area contributed by atoms with Crippen molar-refractivity contribution in [3.63, 3.8) is 0 Å². The average Bonchev–Trinajstić information content (AvgIpc) is 2.65. The van der Waals surface area contributed by atoms with Crippen molar-refractivity contribution in [2.45, 2.75) is 58.1 Å². The standard InChI is InChI=1S/C15H26BrN3O/c1-5-17-13(15(3)8-6-7-9-20-15)10-12-14(16)11(2)18-19(12)4/h13,17H,5-10H2,1-4H3. The third-order valence-electron chi connectivity index (χ3n) is 4.35. The summed E-state index contributed by atoms with van der Waals surface area (Å²) in [4.78, 5) is 0. The molecule has 1 aliphatic heterocycles. The van der Waals surface area contributed by atoms with Gasteiger partial charge in [0, 0.05) is 26.1 Å². The van der Waals surface area contributed by atoms with Crippen molar-refractivity contribution in [3.05, 3.63) is 15.9 Å². The lowest BCUT2D eigenvalue weighted by Gasteiger charge is -2.41. The molecule has 2 unspecified atom stereocenters. The van der Waals surface area contributed by atoms with Crippen LogP contribution in [0.25, 0.3) is 0 Å². The molecule has 2 heterocycles. The summed E-state index contributed by atoms with van der Waals surface area (Å²) >= 11 is 3.67. The summed E-state index contributed by atoms with van der Waals surface area (Å²) in [5, 5.41) is 8.11. The zero-order valence-electron chi connectivity index (χ0n) is 13.0. The van der Waals surface area contributed by atoms with Crippen LogP contribution in [0.4, 0.5) is 0 Å². The number of aryl methyl sites for hydroxylation is 2. The van der Waals surface area contributed by atoms with Crippen LogP contribution >= 0.6 is 15.9 Å². The number of likely N-dealkylation sites (N-methyl/N-ethyl adjacent to an activating group) is 1. The van der Waals surface area contributed by atoms with E-state index in [-0.39, 0.29) is 5.60 Å². The van der Waals surface area contributed by atoms with Crippen LogP contribution in [0.15, 0.2) is 4.47 Å². The molecule has 0 bridgehead atoms. The molecule has 2 rings (SSSR count). The van der Waals surface area contributed by atoms with Crippen molar-refractivity contribution in [1.29, 1.82) is 0 Å². The van der Waals surface area contributed by atoms with Crippen LogP contribution in [-0.2, 0) is 18.2 Å². The highest BCUT2D eigenvalue weighted by Crippen LogP contribution is 2.31. The molecule has 0 aromatic carbocycles. The Kier molecular flexibility index (Phi) is 5.26. The highest BCUT2D eigenvalue weighted by atomic mass is 79.9. The zero-order chi connectivity index (χ0) is 14.8. The molecule has 5 heteroatoms. The summed E-state index contributed by atoms with van der Waals surface area (Å²) < 4.78 is 9.24. The molecule has 0 saturated carbocycles. The molecule has 0 spiro atoms. The maximum absolute atomic E-state index is 6.13. The number of hydrogen-bond acceptors (Lipinski definition) is 3. The smallest absolute Gasteiger partial charge is 0.0810 e. The molecule has 0 amide bonds. The Morgan fingerprint density at radius 3 is 2.75 bits per heavy atom. The monoisotopic (exact) mass is 343 g/mol. The van der Waals surface area contributed by atoms with Gasteiger partial charge in [0.1, 0.15) is 0 Å². The third kappa shape index (κ3) is 3.26. The van der Waals surface area contributed by atoms with Gasteiger partial charge in [-0.05, 0) is 55.6 Å². The van der Waals surface area contributed by atoms with E-state index in [1.165, 1.54) is 18.5 Å². The van der Waals surface area contributed by atoms with E-state index in [4.69, 9.17) is 4.74 Å². The van der Waals surface area contributed by atoms with Crippen LogP contribution in [0.1, 0.15) is 44.5 Å². The predicted octanol–water partition coefficient (Wildman–Crippen LogP) is 2.97. The molecule has 2 atom stereocenters. The molecule has 0 aliphatic carbocycles. The molecule has 114 valence electrons. The minimum absolute atomic E-state index is 0.0775. The number of rotatable bonds is 5. The molecule has 0 radical (unpaired) electrons. The lowest BCUT2D eigenvalue weighted by Crippen LogP contribution is -2.53. The fourth-order valence-electron chi connectivity index (χ4n) is 3.08. The van der Waals surface area contributed by atoms with Crippen LogP contribution in [0.3, 0.4) is 0 Å². The van der Waals surface area contributed by atoms with Gasteiger partial charge >= 0.3 is 0 Å². The molecule has 20 heavy (non-hydrogen) atoms. The largest absolute Gasteiger partial charge is 0.374 e. The van der Waals surface area contributed by atoms with Crippen molar-refractivity contribution in [2.24, 2.45) is 7.05 Å². The SMILES string of the molecule is CCNC(Cc1c(Br)c(C)nn1C)C1(C)CCCCO1. The van der Waals surface area contributed by atoms with Gasteiger partial charge in [0.05, 0.1) is 21.5 Å². The summed E-state index contributed by atoms with van der Waals surface area (Å²) in [6, 6.07) is 0.318. The quantitative estimate of drug-likeness (QED) is 0.893. The van der Waals surface area contributed by atoms with Gasteiger partial charge in [0.25, 0.3) is 0 Å². The molecule has 4 nitrogen and oxygen atoms in total. The van der Waals surface area contributed by atoms with Crippen LogP contribution in [0.2, 0.25) is 0 Å². The second-order valence-electron chi connectivity index (χ2n) is 5.90. The fourth-order valence-corrected chi connectivity index (χ4v) is 3.57. The maximum atomic E-state index is 6.13. The lowest BCUT2D eigenvalue weighted by molar-refractivity contribution is -0.0884. The molecule has 1 aromatic heterocycles. The van der Waals surface area contributed by atoms with E-state index in [2.05, 4.69) is 40.2 Å². The van der Waals surface area contributed by atoms with Crippen molar-refractivity contribution >= 4 is 15.9 Å². The first-order valence-electron chi connectivity index (χ1n) is 7.53. The van der Waals surface area contributed by atoms with Gasteiger partial charge in [-0.1, -0.05) is 6.92 Å². The van der Waals surface area contributed by atoms with Gasteiger partial charge in [-0.3, -0.25) is 4.68 Å². The second kappa shape index (κ2) is 6.58. The first-order valence-corrected chi connectivity index (χ1v) is 8.32. The van der Waals surface area contributed by atoms with Crippen molar-refractivity contribution in [1.82, 2.24) is 15.1 Å². The number of nitrogens with one attached hydrogen (secondary N) is 1. The van der Waals surface area contributed by atoms with E-state index < -0.39 is 0 Å². The van der Waals surface area contributed by atoms with E-state index in [9.17, 15) is 0 Å². The minimum Gasteiger partial charge on any atom is -0.374 e. The number of nitrogens with zero attached hydrogens (tertiary/aromatic N) is 2. The Morgan fingerprint density at radius 1 is 1.50 bits per heavy atom. The number of aromatic nitrogens is 2. The summed E-state index contributed by atoms with van der Waals surface area (Å²) in [6.45, 7) is 8.27. The molecular weight excluding hydrogens is 318 g/mol. The molecule has 1 fully saturated rings. The number of halogens is 1. The minimum atomic E-state index is -0.0775. The maximum Gasteiger partial charge on any atom is 0.0810 e. The second-order valence-corrected chi connectivity index (χ2v) is 6.70. The van der Waals surface area contributed by atoms with E-state index >= 15 is 0 Å². The summed E-state index contributed by atoms with van der Waals surface area (Å²) in [7, 11) is 2.01. The molecule has 1 aliphatic rings. The third-order valence-corrected chi connectivity index (χ3v) is 5.38. The Bertz CT molecular complexity index is 452. The average molecular weight is 344 g/mol. The molecule has 1 N–H and O–H groups in total. The van der Waals surface area contributed by atoms with Gasteiger partial charge in [-0.2, -0.15) is 5.10 Å². The molecule has 1 aromatic rings. The first-order chi connectivity index (χ1) is 9.48. The van der Waals surface area contributed by atoms with E-state index in [0.29, 0.717) is 6.04 Å². The summed E-state index contributed by atoms with van der Waals surface area (Å²) in [5.41, 5.74) is 2.21. The molecular formula is C15H26BrN3O. The molecule has 1 saturated heterocycles. The Labute approximate surface area is 130 Å².